The van der Waals surface area contributed by atoms with Crippen LogP contribution < -0.4 is 4.72 Å². The molecule has 0 unspecified atom stereocenters. The van der Waals surface area contributed by atoms with Gasteiger partial charge in [0.05, 0.1) is 25.0 Å². The van der Waals surface area contributed by atoms with Gasteiger partial charge in [-0.25, -0.2) is 8.42 Å². The first-order valence-electron chi connectivity index (χ1n) is 6.02. The first kappa shape index (κ1) is 18.2. The summed E-state index contributed by atoms with van der Waals surface area (Å²) in [5, 5.41) is 2.55. The summed E-state index contributed by atoms with van der Waals surface area (Å²) in [7, 11) is -4.00. The molecule has 2 heterocycles. The van der Waals surface area contributed by atoms with Crippen molar-refractivity contribution in [3.8, 4) is 10.7 Å². The summed E-state index contributed by atoms with van der Waals surface area (Å²) in [5.41, 5.74) is 0. The topological polar surface area (TPSA) is 72.0 Å². The number of halogens is 4. The third-order valence-electron chi connectivity index (χ3n) is 2.73. The molecule has 0 fully saturated rings. The van der Waals surface area contributed by atoms with Crippen molar-refractivity contribution in [2.24, 2.45) is 0 Å². The highest BCUT2D eigenvalue weighted by atomic mass is 35.5. The van der Waals surface area contributed by atoms with E-state index >= 15 is 0 Å². The lowest BCUT2D eigenvalue weighted by Gasteiger charge is -2.08. The number of sulfonamides is 1. The third-order valence-corrected chi connectivity index (χ3v) is 7.36. The van der Waals surface area contributed by atoms with Gasteiger partial charge in [-0.1, -0.05) is 46.4 Å². The van der Waals surface area contributed by atoms with Crippen LogP contribution in [-0.2, 0) is 10.0 Å². The molecule has 1 aromatic carbocycles. The quantitative estimate of drug-likeness (QED) is 0.508. The van der Waals surface area contributed by atoms with Crippen molar-refractivity contribution in [3.05, 3.63) is 43.7 Å². The molecule has 3 rings (SSSR count). The molecule has 5 nitrogen and oxygen atoms in total. The van der Waals surface area contributed by atoms with Gasteiger partial charge in [0.2, 0.25) is 5.13 Å². The van der Waals surface area contributed by atoms with Crippen molar-refractivity contribution in [2.45, 2.75) is 4.90 Å². The zero-order valence-corrected chi connectivity index (χ0v) is 16.7. The fourth-order valence-electron chi connectivity index (χ4n) is 1.69. The summed E-state index contributed by atoms with van der Waals surface area (Å²) >= 11 is 25.9. The predicted octanol–water partition coefficient (Wildman–Crippen LogP) is 5.68. The van der Waals surface area contributed by atoms with E-state index in [1.807, 2.05) is 0 Å². The van der Waals surface area contributed by atoms with E-state index in [1.165, 1.54) is 23.5 Å². The molecule has 0 saturated carbocycles. The number of thiophene rings is 1. The highest BCUT2D eigenvalue weighted by Crippen LogP contribution is 2.35. The Balaban J connectivity index is 1.92. The Morgan fingerprint density at radius 1 is 1.00 bits per heavy atom. The van der Waals surface area contributed by atoms with Crippen LogP contribution in [0.3, 0.4) is 0 Å². The summed E-state index contributed by atoms with van der Waals surface area (Å²) in [4.78, 5) is 4.59. The Bertz CT molecular complexity index is 1020. The van der Waals surface area contributed by atoms with Crippen molar-refractivity contribution in [3.63, 3.8) is 0 Å². The molecule has 0 aliphatic rings. The SMILES string of the molecule is O=S(=O)(Nc1nc(-c2sccc2Cl)ns1)c1cc(Cl)c(Cl)cc1Cl. The number of hydrogen-bond acceptors (Lipinski definition) is 6. The summed E-state index contributed by atoms with van der Waals surface area (Å²) in [6.07, 6.45) is 0. The van der Waals surface area contributed by atoms with Gasteiger partial charge in [0.15, 0.2) is 5.82 Å². The standard InChI is InChI=1S/C12H5Cl4N3O2S3/c13-5-1-2-22-10(5)11-17-12(23-18-11)19-24(20,21)9-4-7(15)6(14)3-8(9)16/h1-4H,(H,17,18,19). The smallest absolute Gasteiger partial charge is 0.253 e. The van der Waals surface area contributed by atoms with Gasteiger partial charge in [-0.05, 0) is 23.6 Å². The maximum atomic E-state index is 12.5. The number of nitrogens with one attached hydrogen (secondary N) is 1. The Kier molecular flexibility index (Phi) is 5.27. The molecular weight excluding hydrogens is 456 g/mol. The molecule has 3 aromatic rings. The number of nitrogens with zero attached hydrogens (tertiary/aromatic N) is 2. The molecule has 0 aliphatic heterocycles. The van der Waals surface area contributed by atoms with Crippen LogP contribution in [0.5, 0.6) is 0 Å². The van der Waals surface area contributed by atoms with Crippen LogP contribution in [0.4, 0.5) is 5.13 Å². The second-order valence-electron chi connectivity index (χ2n) is 4.32. The zero-order valence-electron chi connectivity index (χ0n) is 11.3. The summed E-state index contributed by atoms with van der Waals surface area (Å²) in [6.45, 7) is 0. The molecule has 126 valence electrons. The molecule has 1 N–H and O–H groups in total. The first-order valence-corrected chi connectivity index (χ1v) is 10.7. The number of hydrogen-bond donors (Lipinski definition) is 1. The Morgan fingerprint density at radius 3 is 2.38 bits per heavy atom. The van der Waals surface area contributed by atoms with Gasteiger partial charge >= 0.3 is 0 Å². The predicted molar refractivity (Wildman–Crippen MR) is 101 cm³/mol. The molecule has 0 radical (unpaired) electrons. The largest absolute Gasteiger partial charge is 0.265 e. The Hall–Kier alpha value is -0.610. The van der Waals surface area contributed by atoms with Crippen molar-refractivity contribution in [1.29, 1.82) is 0 Å². The van der Waals surface area contributed by atoms with Crippen molar-refractivity contribution < 1.29 is 8.42 Å². The molecule has 0 atom stereocenters. The van der Waals surface area contributed by atoms with Crippen LogP contribution in [0.25, 0.3) is 10.7 Å². The van der Waals surface area contributed by atoms with Gasteiger partial charge in [-0.2, -0.15) is 9.36 Å². The normalized spacial score (nSPS) is 11.7. The lowest BCUT2D eigenvalue weighted by Crippen LogP contribution is -2.13. The minimum Gasteiger partial charge on any atom is -0.253 e. The van der Waals surface area contributed by atoms with E-state index in [1.54, 1.807) is 11.4 Å². The van der Waals surface area contributed by atoms with Crippen molar-refractivity contribution >= 4 is 84.4 Å². The molecule has 0 saturated heterocycles. The molecule has 0 amide bonds. The fraction of sp³-hybridized carbons (Fsp3) is 0. The van der Waals surface area contributed by atoms with Crippen LogP contribution in [0.2, 0.25) is 20.1 Å². The fourth-order valence-corrected chi connectivity index (χ4v) is 5.62. The zero-order chi connectivity index (χ0) is 17.5. The third kappa shape index (κ3) is 3.65. The maximum Gasteiger partial charge on any atom is 0.265 e. The minimum atomic E-state index is -4.00. The number of benzene rings is 1. The second kappa shape index (κ2) is 6.95. The highest BCUT2D eigenvalue weighted by molar-refractivity contribution is 7.93. The summed E-state index contributed by atoms with van der Waals surface area (Å²) < 4.78 is 31.4. The summed E-state index contributed by atoms with van der Waals surface area (Å²) in [5.74, 6) is 0.345. The number of rotatable bonds is 4. The molecule has 24 heavy (non-hydrogen) atoms. The van der Waals surface area contributed by atoms with Crippen LogP contribution in [-0.4, -0.2) is 17.8 Å². The molecule has 0 spiro atoms. The van der Waals surface area contributed by atoms with E-state index < -0.39 is 10.0 Å². The molecular formula is C12H5Cl4N3O2S3. The lowest BCUT2D eigenvalue weighted by molar-refractivity contribution is 0.601. The van der Waals surface area contributed by atoms with Crippen molar-refractivity contribution in [1.82, 2.24) is 9.36 Å². The van der Waals surface area contributed by atoms with Gasteiger partial charge in [-0.15, -0.1) is 11.3 Å². The number of anilines is 1. The number of aromatic nitrogens is 2. The Labute approximate surface area is 165 Å². The van der Waals surface area contributed by atoms with Gasteiger partial charge in [0.1, 0.15) is 4.90 Å². The average molecular weight is 461 g/mol. The monoisotopic (exact) mass is 459 g/mol. The highest BCUT2D eigenvalue weighted by Gasteiger charge is 2.22. The molecule has 2 aromatic heterocycles. The average Bonchev–Trinajstić information content (AvgIpc) is 3.11. The molecule has 0 aliphatic carbocycles. The van der Waals surface area contributed by atoms with Crippen molar-refractivity contribution in [2.75, 3.05) is 4.72 Å². The maximum absolute atomic E-state index is 12.5. The van der Waals surface area contributed by atoms with Gasteiger partial charge in [0.25, 0.3) is 10.0 Å². The first-order chi connectivity index (χ1) is 11.3. The minimum absolute atomic E-state index is 0.0528. The van der Waals surface area contributed by atoms with Gasteiger partial charge in [-0.3, -0.25) is 4.72 Å². The summed E-state index contributed by atoms with van der Waals surface area (Å²) in [6, 6.07) is 4.14. The van der Waals surface area contributed by atoms with E-state index in [0.29, 0.717) is 15.7 Å². The second-order valence-corrected chi connectivity index (χ2v) is 9.27. The van der Waals surface area contributed by atoms with Gasteiger partial charge in [0, 0.05) is 11.5 Å². The van der Waals surface area contributed by atoms with E-state index in [-0.39, 0.29) is 25.1 Å². The molecule has 0 bridgehead atoms. The molecule has 12 heteroatoms. The van der Waals surface area contributed by atoms with Crippen LogP contribution in [0.1, 0.15) is 0 Å². The lowest BCUT2D eigenvalue weighted by atomic mass is 10.4. The van der Waals surface area contributed by atoms with Crippen LogP contribution in [0, 0.1) is 0 Å². The Morgan fingerprint density at radius 2 is 1.71 bits per heavy atom. The van der Waals surface area contributed by atoms with E-state index in [0.717, 1.165) is 11.5 Å². The van der Waals surface area contributed by atoms with Crippen LogP contribution in [0.15, 0.2) is 28.5 Å². The van der Waals surface area contributed by atoms with E-state index in [4.69, 9.17) is 46.4 Å². The van der Waals surface area contributed by atoms with Gasteiger partial charge < -0.3 is 0 Å². The van der Waals surface area contributed by atoms with Crippen LogP contribution >= 0.6 is 69.3 Å². The van der Waals surface area contributed by atoms with E-state index in [2.05, 4.69) is 14.1 Å². The van der Waals surface area contributed by atoms with E-state index in [9.17, 15) is 8.42 Å².